The zero-order valence-electron chi connectivity index (χ0n) is 14.2. The maximum Gasteiger partial charge on any atom is 0.0717 e. The summed E-state index contributed by atoms with van der Waals surface area (Å²) in [5.74, 6) is 0. The third kappa shape index (κ3) is 5.25. The van der Waals surface area contributed by atoms with Gasteiger partial charge in [-0.05, 0) is 54.3 Å². The molecule has 0 atom stereocenters. The second-order valence-corrected chi connectivity index (χ2v) is 7.53. The molecule has 26 heavy (non-hydrogen) atoms. The number of rotatable bonds is 5. The van der Waals surface area contributed by atoms with Crippen LogP contribution in [0.1, 0.15) is 11.1 Å². The maximum absolute atomic E-state index is 6.07. The number of allylic oxidation sites excluding steroid dienone is 1. The van der Waals surface area contributed by atoms with E-state index >= 15 is 0 Å². The summed E-state index contributed by atoms with van der Waals surface area (Å²) in [6.45, 7) is 2.09. The van der Waals surface area contributed by atoms with Crippen molar-refractivity contribution >= 4 is 46.4 Å². The molecule has 0 saturated heterocycles. The monoisotopic (exact) mass is 397 g/mol. The minimum absolute atomic E-state index is 0.630. The highest BCUT2D eigenvalue weighted by Gasteiger charge is 2.04. The van der Waals surface area contributed by atoms with Gasteiger partial charge in [0, 0.05) is 20.5 Å². The topological polar surface area (TPSA) is 12.4 Å². The Morgan fingerprint density at radius 1 is 0.885 bits per heavy atom. The summed E-state index contributed by atoms with van der Waals surface area (Å²) in [4.78, 5) is 5.81. The molecule has 0 aliphatic rings. The smallest absolute Gasteiger partial charge is 0.0717 e. The highest BCUT2D eigenvalue weighted by atomic mass is 35.5. The third-order valence-corrected chi connectivity index (χ3v) is 4.91. The summed E-state index contributed by atoms with van der Waals surface area (Å²) in [5, 5.41) is 3.27. The van der Waals surface area contributed by atoms with E-state index in [1.165, 1.54) is 5.56 Å². The van der Waals surface area contributed by atoms with Crippen LogP contribution in [0.2, 0.25) is 10.0 Å². The lowest BCUT2D eigenvalue weighted by Crippen LogP contribution is -1.99. The molecule has 0 fully saturated rings. The van der Waals surface area contributed by atoms with Crippen molar-refractivity contribution in [3.05, 3.63) is 105 Å². The van der Waals surface area contributed by atoms with Crippen LogP contribution in [-0.4, -0.2) is 5.71 Å². The SMILES string of the molecule is Cc1ccccc1C(C=CSc1cc(Cl)cc(Cl)c1)=Nc1ccccc1. The van der Waals surface area contributed by atoms with Gasteiger partial charge in [-0.3, -0.25) is 0 Å². The van der Waals surface area contributed by atoms with E-state index in [0.717, 1.165) is 21.9 Å². The normalized spacial score (nSPS) is 11.9. The largest absolute Gasteiger partial charge is 0.248 e. The van der Waals surface area contributed by atoms with Crippen molar-refractivity contribution in [2.45, 2.75) is 11.8 Å². The van der Waals surface area contributed by atoms with Crippen molar-refractivity contribution in [1.82, 2.24) is 0 Å². The molecule has 0 N–H and O–H groups in total. The molecule has 0 saturated carbocycles. The summed E-state index contributed by atoms with van der Waals surface area (Å²) in [7, 11) is 0. The molecule has 0 aliphatic heterocycles. The number of aryl methyl sites for hydroxylation is 1. The Balaban J connectivity index is 1.91. The van der Waals surface area contributed by atoms with Gasteiger partial charge in [0.05, 0.1) is 11.4 Å². The lowest BCUT2D eigenvalue weighted by atomic mass is 10.0. The molecule has 3 rings (SSSR count). The summed E-state index contributed by atoms with van der Waals surface area (Å²) in [6, 6.07) is 23.7. The minimum Gasteiger partial charge on any atom is -0.248 e. The molecule has 0 bridgehead atoms. The van der Waals surface area contributed by atoms with Crippen LogP contribution in [0, 0.1) is 6.92 Å². The molecule has 4 heteroatoms. The van der Waals surface area contributed by atoms with Crippen LogP contribution in [0.15, 0.2) is 94.2 Å². The number of hydrogen-bond acceptors (Lipinski definition) is 2. The Bertz CT molecular complexity index is 929. The molecule has 0 radical (unpaired) electrons. The van der Waals surface area contributed by atoms with Gasteiger partial charge in [0.15, 0.2) is 0 Å². The van der Waals surface area contributed by atoms with Crippen molar-refractivity contribution in [2.75, 3.05) is 0 Å². The fourth-order valence-corrected chi connectivity index (χ4v) is 3.86. The molecular formula is C22H17Cl2NS. The minimum atomic E-state index is 0.630. The Labute approximate surface area is 168 Å². The molecule has 0 heterocycles. The van der Waals surface area contributed by atoms with Gasteiger partial charge in [-0.1, -0.05) is 77.4 Å². The molecule has 130 valence electrons. The molecule has 0 aliphatic carbocycles. The first-order valence-electron chi connectivity index (χ1n) is 8.11. The second-order valence-electron chi connectivity index (χ2n) is 5.67. The molecule has 0 unspecified atom stereocenters. The summed E-state index contributed by atoms with van der Waals surface area (Å²) in [5.41, 5.74) is 4.13. The average Bonchev–Trinajstić information content (AvgIpc) is 2.61. The molecule has 0 aromatic heterocycles. The number of thioether (sulfide) groups is 1. The van der Waals surface area contributed by atoms with Crippen LogP contribution in [0.4, 0.5) is 5.69 Å². The first kappa shape index (κ1) is 18.8. The van der Waals surface area contributed by atoms with Gasteiger partial charge in [0.1, 0.15) is 0 Å². The van der Waals surface area contributed by atoms with Crippen LogP contribution in [0.25, 0.3) is 0 Å². The van der Waals surface area contributed by atoms with Crippen molar-refractivity contribution in [3.8, 4) is 0 Å². The quantitative estimate of drug-likeness (QED) is 0.316. The maximum atomic E-state index is 6.07. The van der Waals surface area contributed by atoms with Crippen LogP contribution in [0.3, 0.4) is 0 Å². The van der Waals surface area contributed by atoms with Crippen LogP contribution in [-0.2, 0) is 0 Å². The van der Waals surface area contributed by atoms with Crippen LogP contribution < -0.4 is 0 Å². The number of benzene rings is 3. The van der Waals surface area contributed by atoms with Gasteiger partial charge in [-0.2, -0.15) is 0 Å². The highest BCUT2D eigenvalue weighted by molar-refractivity contribution is 8.02. The average molecular weight is 398 g/mol. The van der Waals surface area contributed by atoms with Crippen LogP contribution in [0.5, 0.6) is 0 Å². The first-order chi connectivity index (χ1) is 12.6. The van der Waals surface area contributed by atoms with E-state index in [9.17, 15) is 0 Å². The molecule has 3 aromatic rings. The third-order valence-electron chi connectivity index (χ3n) is 3.69. The van der Waals surface area contributed by atoms with E-state index in [2.05, 4.69) is 19.1 Å². The Hall–Kier alpha value is -2.00. The Morgan fingerprint density at radius 3 is 2.23 bits per heavy atom. The van der Waals surface area contributed by atoms with E-state index in [1.54, 1.807) is 17.8 Å². The van der Waals surface area contributed by atoms with E-state index in [4.69, 9.17) is 28.2 Å². The van der Waals surface area contributed by atoms with E-state index in [0.29, 0.717) is 10.0 Å². The van der Waals surface area contributed by atoms with Crippen molar-refractivity contribution in [3.63, 3.8) is 0 Å². The van der Waals surface area contributed by atoms with Gasteiger partial charge >= 0.3 is 0 Å². The predicted molar refractivity (Wildman–Crippen MR) is 115 cm³/mol. The van der Waals surface area contributed by atoms with E-state index in [-0.39, 0.29) is 0 Å². The Kier molecular flexibility index (Phi) is 6.56. The van der Waals surface area contributed by atoms with Crippen molar-refractivity contribution in [1.29, 1.82) is 0 Å². The van der Waals surface area contributed by atoms with Crippen molar-refractivity contribution in [2.24, 2.45) is 4.99 Å². The lowest BCUT2D eigenvalue weighted by molar-refractivity contribution is 1.42. The van der Waals surface area contributed by atoms with E-state index in [1.807, 2.05) is 66.1 Å². The number of para-hydroxylation sites is 1. The number of hydrogen-bond donors (Lipinski definition) is 0. The standard InChI is InChI=1S/C22H17Cl2NS/c1-16-7-5-6-10-21(16)22(25-19-8-3-2-4-9-19)11-12-26-20-14-17(23)13-18(24)15-20/h2-15H,1H3. The molecule has 1 nitrogen and oxygen atoms in total. The van der Waals surface area contributed by atoms with Crippen molar-refractivity contribution < 1.29 is 0 Å². The number of nitrogens with zero attached hydrogens (tertiary/aromatic N) is 1. The van der Waals surface area contributed by atoms with Crippen LogP contribution >= 0.6 is 35.0 Å². The number of aliphatic imine (C=N–C) groups is 1. The van der Waals surface area contributed by atoms with Gasteiger partial charge in [0.2, 0.25) is 0 Å². The predicted octanol–water partition coefficient (Wildman–Crippen LogP) is 7.73. The van der Waals surface area contributed by atoms with E-state index < -0.39 is 0 Å². The fraction of sp³-hybridized carbons (Fsp3) is 0.0455. The molecular weight excluding hydrogens is 381 g/mol. The fourth-order valence-electron chi connectivity index (χ4n) is 2.46. The zero-order valence-corrected chi connectivity index (χ0v) is 16.5. The summed E-state index contributed by atoms with van der Waals surface area (Å²) in [6.07, 6.45) is 2.02. The summed E-state index contributed by atoms with van der Waals surface area (Å²) >= 11 is 13.7. The zero-order chi connectivity index (χ0) is 18.4. The van der Waals surface area contributed by atoms with Gasteiger partial charge in [-0.15, -0.1) is 0 Å². The lowest BCUT2D eigenvalue weighted by Gasteiger charge is -2.06. The molecule has 3 aromatic carbocycles. The Morgan fingerprint density at radius 2 is 1.54 bits per heavy atom. The van der Waals surface area contributed by atoms with Gasteiger partial charge in [0.25, 0.3) is 0 Å². The highest BCUT2D eigenvalue weighted by Crippen LogP contribution is 2.27. The first-order valence-corrected chi connectivity index (χ1v) is 9.74. The van der Waals surface area contributed by atoms with Gasteiger partial charge < -0.3 is 0 Å². The summed E-state index contributed by atoms with van der Waals surface area (Å²) < 4.78 is 0. The molecule has 0 amide bonds. The number of halogens is 2. The van der Waals surface area contributed by atoms with Gasteiger partial charge in [-0.25, -0.2) is 4.99 Å². The molecule has 0 spiro atoms. The second kappa shape index (κ2) is 9.09.